The number of hydrogen-bond donors (Lipinski definition) is 1. The van der Waals surface area contributed by atoms with Gasteiger partial charge < -0.3 is 10.6 Å². The molecule has 1 aromatic rings. The van der Waals surface area contributed by atoms with Crippen LogP contribution < -0.4 is 10.6 Å². The van der Waals surface area contributed by atoms with Gasteiger partial charge in [0, 0.05) is 24.8 Å². The Balaban J connectivity index is 2.08. The van der Waals surface area contributed by atoms with Gasteiger partial charge in [-0.05, 0) is 37.5 Å². The van der Waals surface area contributed by atoms with Crippen molar-refractivity contribution in [2.45, 2.75) is 32.7 Å². The van der Waals surface area contributed by atoms with Crippen LogP contribution in [0, 0.1) is 0 Å². The summed E-state index contributed by atoms with van der Waals surface area (Å²) < 4.78 is 0. The number of anilines is 1. The van der Waals surface area contributed by atoms with Crippen molar-refractivity contribution < 1.29 is 0 Å². The van der Waals surface area contributed by atoms with E-state index in [1.165, 1.54) is 23.2 Å². The van der Waals surface area contributed by atoms with Gasteiger partial charge in [0.25, 0.3) is 0 Å². The van der Waals surface area contributed by atoms with Gasteiger partial charge in [0.2, 0.25) is 0 Å². The minimum absolute atomic E-state index is 0.174. The summed E-state index contributed by atoms with van der Waals surface area (Å²) in [4.78, 5) is 2.41. The molecule has 0 saturated heterocycles. The van der Waals surface area contributed by atoms with Crippen molar-refractivity contribution in [3.05, 3.63) is 41.5 Å². The van der Waals surface area contributed by atoms with Gasteiger partial charge in [0.05, 0.1) is 0 Å². The van der Waals surface area contributed by atoms with E-state index in [0.717, 1.165) is 19.5 Å². The van der Waals surface area contributed by atoms with E-state index in [1.807, 2.05) is 0 Å². The Hall–Kier alpha value is -1.28. The first kappa shape index (κ1) is 12.2. The average molecular weight is 230 g/mol. The lowest BCUT2D eigenvalue weighted by Gasteiger charge is -2.27. The van der Waals surface area contributed by atoms with Crippen molar-refractivity contribution in [2.75, 3.05) is 18.0 Å². The highest BCUT2D eigenvalue weighted by atomic mass is 15.1. The Kier molecular flexibility index (Phi) is 3.85. The Morgan fingerprint density at radius 3 is 2.53 bits per heavy atom. The van der Waals surface area contributed by atoms with Crippen LogP contribution in [0.2, 0.25) is 0 Å². The summed E-state index contributed by atoms with van der Waals surface area (Å²) in [6, 6.07) is 8.88. The van der Waals surface area contributed by atoms with E-state index in [1.54, 1.807) is 0 Å². The monoisotopic (exact) mass is 230 g/mol. The highest BCUT2D eigenvalue weighted by Gasteiger charge is 2.10. The molecule has 0 bridgehead atoms. The maximum atomic E-state index is 6.02. The van der Waals surface area contributed by atoms with Crippen molar-refractivity contribution in [3.63, 3.8) is 0 Å². The summed E-state index contributed by atoms with van der Waals surface area (Å²) in [6.07, 6.45) is 4.48. The first-order valence-electron chi connectivity index (χ1n) is 6.47. The molecule has 0 radical (unpaired) electrons. The summed E-state index contributed by atoms with van der Waals surface area (Å²) in [5.41, 5.74) is 10.1. The predicted octanol–water partition coefficient (Wildman–Crippen LogP) is 3.25. The molecule has 2 nitrogen and oxygen atoms in total. The van der Waals surface area contributed by atoms with Gasteiger partial charge in [-0.1, -0.05) is 30.7 Å². The molecular weight excluding hydrogens is 208 g/mol. The number of rotatable bonds is 3. The quantitative estimate of drug-likeness (QED) is 0.808. The number of nitrogens with two attached hydrogens (primary N) is 1. The minimum atomic E-state index is 0.174. The molecule has 17 heavy (non-hydrogen) atoms. The summed E-state index contributed by atoms with van der Waals surface area (Å²) in [5.74, 6) is 0. The molecule has 0 aromatic heterocycles. The standard InChI is InChI=1S/C15H22N2/c1-3-15(16)13-4-6-14(7-5-13)17-10-8-12(2)9-11-17/h4-8,15H,3,9-11,16H2,1-2H3. The normalized spacial score (nSPS) is 17.8. The third-order valence-corrected chi connectivity index (χ3v) is 3.56. The van der Waals surface area contributed by atoms with Crippen LogP contribution in [0.25, 0.3) is 0 Å². The van der Waals surface area contributed by atoms with Gasteiger partial charge in [-0.2, -0.15) is 0 Å². The second-order valence-electron chi connectivity index (χ2n) is 4.85. The van der Waals surface area contributed by atoms with E-state index < -0.39 is 0 Å². The van der Waals surface area contributed by atoms with Crippen LogP contribution in [0.3, 0.4) is 0 Å². The van der Waals surface area contributed by atoms with Crippen LogP contribution in [0.1, 0.15) is 38.3 Å². The Bertz CT molecular complexity index is 392. The smallest absolute Gasteiger partial charge is 0.0369 e. The summed E-state index contributed by atoms with van der Waals surface area (Å²) in [6.45, 7) is 6.49. The maximum Gasteiger partial charge on any atom is 0.0369 e. The van der Waals surface area contributed by atoms with E-state index in [0.29, 0.717) is 0 Å². The molecule has 1 atom stereocenters. The van der Waals surface area contributed by atoms with Gasteiger partial charge >= 0.3 is 0 Å². The fraction of sp³-hybridized carbons (Fsp3) is 0.467. The van der Waals surface area contributed by atoms with Crippen LogP contribution in [-0.4, -0.2) is 13.1 Å². The minimum Gasteiger partial charge on any atom is -0.367 e. The highest BCUT2D eigenvalue weighted by Crippen LogP contribution is 2.22. The molecule has 2 heteroatoms. The van der Waals surface area contributed by atoms with E-state index in [9.17, 15) is 0 Å². The topological polar surface area (TPSA) is 29.3 Å². The number of benzene rings is 1. The molecule has 0 spiro atoms. The number of hydrogen-bond acceptors (Lipinski definition) is 2. The SMILES string of the molecule is CCC(N)c1ccc(N2CC=C(C)CC2)cc1. The molecule has 92 valence electrons. The molecule has 0 saturated carbocycles. The Labute approximate surface area is 104 Å². The third-order valence-electron chi connectivity index (χ3n) is 3.56. The van der Waals surface area contributed by atoms with E-state index >= 15 is 0 Å². The molecular formula is C15H22N2. The number of nitrogens with zero attached hydrogens (tertiary/aromatic N) is 1. The molecule has 1 aliphatic heterocycles. The Morgan fingerprint density at radius 2 is 2.00 bits per heavy atom. The molecule has 0 aliphatic carbocycles. The zero-order valence-electron chi connectivity index (χ0n) is 10.8. The largest absolute Gasteiger partial charge is 0.367 e. The predicted molar refractivity (Wildman–Crippen MR) is 74.2 cm³/mol. The van der Waals surface area contributed by atoms with E-state index in [-0.39, 0.29) is 6.04 Å². The molecule has 1 aliphatic rings. The Morgan fingerprint density at radius 1 is 1.29 bits per heavy atom. The van der Waals surface area contributed by atoms with Crippen molar-refractivity contribution in [1.29, 1.82) is 0 Å². The lowest BCUT2D eigenvalue weighted by atomic mass is 10.0. The molecule has 2 rings (SSSR count). The van der Waals surface area contributed by atoms with E-state index in [4.69, 9.17) is 5.73 Å². The fourth-order valence-electron chi connectivity index (χ4n) is 2.17. The highest BCUT2D eigenvalue weighted by molar-refractivity contribution is 5.49. The van der Waals surface area contributed by atoms with Gasteiger partial charge in [-0.15, -0.1) is 0 Å². The zero-order valence-corrected chi connectivity index (χ0v) is 10.8. The molecule has 1 heterocycles. The van der Waals surface area contributed by atoms with Gasteiger partial charge in [0.1, 0.15) is 0 Å². The zero-order chi connectivity index (χ0) is 12.3. The van der Waals surface area contributed by atoms with Crippen LogP contribution in [0.5, 0.6) is 0 Å². The molecule has 2 N–H and O–H groups in total. The third kappa shape index (κ3) is 2.89. The van der Waals surface area contributed by atoms with Crippen LogP contribution in [0.4, 0.5) is 5.69 Å². The van der Waals surface area contributed by atoms with Crippen molar-refractivity contribution >= 4 is 5.69 Å². The van der Waals surface area contributed by atoms with Crippen molar-refractivity contribution in [2.24, 2.45) is 5.73 Å². The lowest BCUT2D eigenvalue weighted by Crippen LogP contribution is -2.28. The second-order valence-corrected chi connectivity index (χ2v) is 4.85. The first-order chi connectivity index (χ1) is 8.20. The van der Waals surface area contributed by atoms with Crippen LogP contribution in [0.15, 0.2) is 35.9 Å². The maximum absolute atomic E-state index is 6.02. The van der Waals surface area contributed by atoms with E-state index in [2.05, 4.69) is 49.1 Å². The van der Waals surface area contributed by atoms with Gasteiger partial charge in [0.15, 0.2) is 0 Å². The first-order valence-corrected chi connectivity index (χ1v) is 6.47. The van der Waals surface area contributed by atoms with Crippen molar-refractivity contribution in [3.8, 4) is 0 Å². The fourth-order valence-corrected chi connectivity index (χ4v) is 2.17. The molecule has 0 fully saturated rings. The van der Waals surface area contributed by atoms with Crippen LogP contribution >= 0.6 is 0 Å². The van der Waals surface area contributed by atoms with Crippen LogP contribution in [-0.2, 0) is 0 Å². The molecule has 1 unspecified atom stereocenters. The molecule has 1 aromatic carbocycles. The lowest BCUT2D eigenvalue weighted by molar-refractivity contribution is 0.698. The van der Waals surface area contributed by atoms with Crippen molar-refractivity contribution in [1.82, 2.24) is 0 Å². The summed E-state index contributed by atoms with van der Waals surface area (Å²) in [7, 11) is 0. The molecule has 0 amide bonds. The average Bonchev–Trinajstić information content (AvgIpc) is 2.39. The second kappa shape index (κ2) is 5.37. The van der Waals surface area contributed by atoms with Gasteiger partial charge in [-0.3, -0.25) is 0 Å². The van der Waals surface area contributed by atoms with Gasteiger partial charge in [-0.25, -0.2) is 0 Å². The summed E-state index contributed by atoms with van der Waals surface area (Å²) >= 11 is 0. The summed E-state index contributed by atoms with van der Waals surface area (Å²) in [5, 5.41) is 0.